The lowest BCUT2D eigenvalue weighted by molar-refractivity contribution is -0.138. The van der Waals surface area contributed by atoms with Crippen LogP contribution in [0, 0.1) is 5.92 Å². The van der Waals surface area contributed by atoms with Crippen LogP contribution in [0.4, 0.5) is 0 Å². The Morgan fingerprint density at radius 2 is 2.29 bits per heavy atom. The molecule has 0 heterocycles. The molecule has 0 bridgehead atoms. The Hall–Kier alpha value is -0.530. The normalized spacial score (nSPS) is 15.6. The van der Waals surface area contributed by atoms with E-state index >= 15 is 0 Å². The molecule has 0 radical (unpaired) electrons. The summed E-state index contributed by atoms with van der Waals surface area (Å²) in [6, 6.07) is 0. The first kappa shape index (κ1) is 20.5. The van der Waals surface area contributed by atoms with Gasteiger partial charge in [0.2, 0.25) is 5.91 Å². The molecule has 0 saturated heterocycles. The first-order valence-corrected chi connectivity index (χ1v) is 8.93. The molecule has 0 aromatic carbocycles. The minimum atomic E-state index is -0.805. The van der Waals surface area contributed by atoms with Crippen molar-refractivity contribution in [2.24, 2.45) is 11.0 Å². The fourth-order valence-electron chi connectivity index (χ4n) is 1.37. The number of methoxy groups -OCH3 is 1. The largest absolute Gasteiger partial charge is 0.396 e. The molecule has 21 heavy (non-hydrogen) atoms. The zero-order valence-electron chi connectivity index (χ0n) is 12.2. The lowest BCUT2D eigenvalue weighted by Gasteiger charge is -2.23. The third-order valence-corrected chi connectivity index (χ3v) is 3.74. The zero-order valence-corrected chi connectivity index (χ0v) is 14.2. The van der Waals surface area contributed by atoms with Gasteiger partial charge >= 0.3 is 0 Å². The predicted octanol–water partition coefficient (Wildman–Crippen LogP) is 0.577. The first-order chi connectivity index (χ1) is 10.1. The number of carbonyl (C=O) groups is 2. The van der Waals surface area contributed by atoms with Gasteiger partial charge in [0.1, 0.15) is 6.29 Å². The smallest absolute Gasteiger partial charge is 0.240 e. The number of aliphatic hydroxyl groups excluding tert-OH is 1. The summed E-state index contributed by atoms with van der Waals surface area (Å²) in [4.78, 5) is 22.1. The van der Waals surface area contributed by atoms with Gasteiger partial charge in [-0.1, -0.05) is 15.4 Å². The lowest BCUT2D eigenvalue weighted by atomic mass is 10.0. The van der Waals surface area contributed by atoms with Crippen molar-refractivity contribution in [2.45, 2.75) is 32.2 Å². The van der Waals surface area contributed by atoms with Crippen molar-refractivity contribution in [3.05, 3.63) is 0 Å². The van der Waals surface area contributed by atoms with Crippen LogP contribution in [0.5, 0.6) is 0 Å². The first-order valence-electron chi connectivity index (χ1n) is 6.47. The molecular weight excluding hydrogens is 315 g/mol. The van der Waals surface area contributed by atoms with Crippen molar-refractivity contribution in [3.8, 4) is 0 Å². The van der Waals surface area contributed by atoms with Gasteiger partial charge in [0.15, 0.2) is 6.29 Å². The number of carbonyl (C=O) groups excluding carboxylic acids is 2. The summed E-state index contributed by atoms with van der Waals surface area (Å²) < 4.78 is 10.6. The van der Waals surface area contributed by atoms with E-state index in [2.05, 4.69) is 19.0 Å². The van der Waals surface area contributed by atoms with Gasteiger partial charge in [-0.2, -0.15) is 5.10 Å². The third kappa shape index (κ3) is 9.92. The fourth-order valence-corrected chi connectivity index (χ4v) is 2.03. The molecule has 9 heteroatoms. The predicted molar refractivity (Wildman–Crippen MR) is 86.0 cm³/mol. The van der Waals surface area contributed by atoms with Crippen molar-refractivity contribution >= 4 is 38.2 Å². The minimum absolute atomic E-state index is 0.0974. The van der Waals surface area contributed by atoms with Gasteiger partial charge in [-0.05, 0) is 6.42 Å². The van der Waals surface area contributed by atoms with E-state index < -0.39 is 12.4 Å². The van der Waals surface area contributed by atoms with Crippen LogP contribution in [-0.2, 0) is 19.1 Å². The molecule has 2 N–H and O–H groups in total. The Bertz CT molecular complexity index is 333. The number of nitrogens with zero attached hydrogens (tertiary/aromatic N) is 1. The van der Waals surface area contributed by atoms with E-state index in [9.17, 15) is 9.59 Å². The molecule has 1 amide bonds. The van der Waals surface area contributed by atoms with Crippen LogP contribution in [0.2, 0.25) is 0 Å². The summed E-state index contributed by atoms with van der Waals surface area (Å²) in [6.07, 6.45) is 1.44. The van der Waals surface area contributed by atoms with E-state index in [1.165, 1.54) is 24.7 Å². The molecule has 0 saturated carbocycles. The van der Waals surface area contributed by atoms with Crippen LogP contribution in [0.15, 0.2) is 5.10 Å². The Labute approximate surface area is 131 Å². The van der Waals surface area contributed by atoms with Crippen molar-refractivity contribution in [3.63, 3.8) is 0 Å². The van der Waals surface area contributed by atoms with Gasteiger partial charge in [0.25, 0.3) is 0 Å². The van der Waals surface area contributed by atoms with Gasteiger partial charge in [-0.25, -0.2) is 5.43 Å². The average Bonchev–Trinajstić information content (AvgIpc) is 2.50. The summed E-state index contributed by atoms with van der Waals surface area (Å²) in [7, 11) is 3.89. The van der Waals surface area contributed by atoms with Crippen LogP contribution in [0.1, 0.15) is 19.8 Å². The maximum Gasteiger partial charge on any atom is 0.240 e. The Morgan fingerprint density at radius 1 is 1.57 bits per heavy atom. The third-order valence-electron chi connectivity index (χ3n) is 2.59. The highest BCUT2D eigenvalue weighted by atomic mass is 32.7. The molecule has 0 aliphatic heterocycles. The zero-order chi connectivity index (χ0) is 16.1. The number of hydrogen-bond donors (Lipinski definition) is 2. The second-order valence-corrected chi connectivity index (χ2v) is 5.96. The molecule has 4 unspecified atom stereocenters. The van der Waals surface area contributed by atoms with Crippen molar-refractivity contribution in [1.82, 2.24) is 5.43 Å². The standard InChI is InChI=1S/C12H23N2O5PS/c1-9(8-16)10(3-5-15)19-12(18-2)7-13-14-11(17)4-6-21-20/h7-10,12,15H,3-6,20H2,1-2H3,(H,14,17). The van der Waals surface area contributed by atoms with Crippen LogP contribution in [0.3, 0.4) is 0 Å². The molecule has 0 aliphatic rings. The van der Waals surface area contributed by atoms with Gasteiger partial charge < -0.3 is 19.4 Å². The number of nitrogens with one attached hydrogen (secondary N) is 1. The van der Waals surface area contributed by atoms with Crippen LogP contribution >= 0.6 is 19.8 Å². The second kappa shape index (κ2) is 13.2. The Kier molecular flexibility index (Phi) is 12.8. The molecule has 0 aliphatic carbocycles. The number of rotatable bonds is 12. The average molecular weight is 338 g/mol. The SMILES string of the molecule is COC(C=NNC(=O)CCSP)OC(CCO)C(C)C=O. The highest BCUT2D eigenvalue weighted by molar-refractivity contribution is 8.43. The highest BCUT2D eigenvalue weighted by Crippen LogP contribution is 2.12. The molecule has 0 spiro atoms. The van der Waals surface area contributed by atoms with Crippen LogP contribution < -0.4 is 5.43 Å². The molecule has 122 valence electrons. The fraction of sp³-hybridized carbons (Fsp3) is 0.750. The Balaban J connectivity index is 4.34. The monoisotopic (exact) mass is 338 g/mol. The molecule has 0 fully saturated rings. The Morgan fingerprint density at radius 3 is 2.81 bits per heavy atom. The van der Waals surface area contributed by atoms with Gasteiger partial charge in [0.05, 0.1) is 12.3 Å². The minimum Gasteiger partial charge on any atom is -0.396 e. The summed E-state index contributed by atoms with van der Waals surface area (Å²) in [6.45, 7) is 1.60. The molecular formula is C12H23N2O5PS. The van der Waals surface area contributed by atoms with E-state index in [0.29, 0.717) is 18.6 Å². The summed E-state index contributed by atoms with van der Waals surface area (Å²) in [5.41, 5.74) is 2.36. The second-order valence-electron chi connectivity index (χ2n) is 4.22. The summed E-state index contributed by atoms with van der Waals surface area (Å²) >= 11 is 1.49. The van der Waals surface area contributed by atoms with Crippen LogP contribution in [0.25, 0.3) is 0 Å². The van der Waals surface area contributed by atoms with Gasteiger partial charge in [-0.3, -0.25) is 4.79 Å². The summed E-state index contributed by atoms with van der Waals surface area (Å²) in [5.74, 6) is 0.104. The molecule has 4 atom stereocenters. The van der Waals surface area contributed by atoms with E-state index in [-0.39, 0.29) is 18.4 Å². The number of amides is 1. The maximum absolute atomic E-state index is 11.3. The topological polar surface area (TPSA) is 97.2 Å². The number of aliphatic hydroxyl groups is 1. The number of ether oxygens (including phenoxy) is 2. The van der Waals surface area contributed by atoms with E-state index in [4.69, 9.17) is 14.6 Å². The quantitative estimate of drug-likeness (QED) is 0.178. The van der Waals surface area contributed by atoms with Gasteiger partial charge in [0, 0.05) is 31.8 Å². The van der Waals surface area contributed by atoms with E-state index in [1.54, 1.807) is 6.92 Å². The number of aldehydes is 1. The maximum atomic E-state index is 11.3. The molecule has 0 aromatic rings. The number of hydrazone groups is 1. The lowest BCUT2D eigenvalue weighted by Crippen LogP contribution is -2.32. The van der Waals surface area contributed by atoms with E-state index in [1.807, 2.05) is 0 Å². The van der Waals surface area contributed by atoms with E-state index in [0.717, 1.165) is 6.29 Å². The molecule has 0 rings (SSSR count). The number of hydrogen-bond acceptors (Lipinski definition) is 7. The van der Waals surface area contributed by atoms with Crippen molar-refractivity contribution < 1.29 is 24.2 Å². The molecule has 0 aromatic heterocycles. The van der Waals surface area contributed by atoms with Crippen LogP contribution in [-0.4, -0.2) is 55.4 Å². The summed E-state index contributed by atoms with van der Waals surface area (Å²) in [5, 5.41) is 12.7. The van der Waals surface area contributed by atoms with Crippen molar-refractivity contribution in [1.29, 1.82) is 0 Å². The molecule has 7 nitrogen and oxygen atoms in total. The van der Waals surface area contributed by atoms with Crippen molar-refractivity contribution in [2.75, 3.05) is 19.5 Å². The van der Waals surface area contributed by atoms with Gasteiger partial charge in [-0.15, -0.1) is 11.4 Å². The highest BCUT2D eigenvalue weighted by Gasteiger charge is 2.20.